The summed E-state index contributed by atoms with van der Waals surface area (Å²) in [6.07, 6.45) is 0. The molecule has 10 heteroatoms. The molecular weight excluding hydrogens is 398 g/mol. The number of hydrogen-bond acceptors (Lipinski definition) is 7. The van der Waals surface area contributed by atoms with Crippen LogP contribution in [0.1, 0.15) is 24.2 Å². The molecule has 0 aliphatic rings. The average Bonchev–Trinajstić information content (AvgIpc) is 2.68. The van der Waals surface area contributed by atoms with Gasteiger partial charge in [-0.15, -0.1) is 11.8 Å². The number of hydrogen-bond donors (Lipinski definition) is 2. The molecule has 3 N–H and O–H groups in total. The van der Waals surface area contributed by atoms with Gasteiger partial charge in [-0.25, -0.2) is 0 Å². The van der Waals surface area contributed by atoms with Gasteiger partial charge in [-0.2, -0.15) is 0 Å². The third-order valence-corrected chi connectivity index (χ3v) is 4.69. The zero-order chi connectivity index (χ0) is 21.4. The summed E-state index contributed by atoms with van der Waals surface area (Å²) in [7, 11) is 0. The molecule has 0 aliphatic heterocycles. The fourth-order valence-electron chi connectivity index (χ4n) is 2.40. The molecule has 0 saturated carbocycles. The molecule has 0 spiro atoms. The predicted octanol–water partition coefficient (Wildman–Crippen LogP) is 3.22. The van der Waals surface area contributed by atoms with E-state index in [2.05, 4.69) is 5.32 Å². The summed E-state index contributed by atoms with van der Waals surface area (Å²) >= 11 is 0.987. The highest BCUT2D eigenvalue weighted by atomic mass is 32.2. The second-order valence-corrected chi connectivity index (χ2v) is 6.69. The fourth-order valence-corrected chi connectivity index (χ4v) is 3.21. The molecule has 154 valence electrons. The van der Waals surface area contributed by atoms with E-state index in [1.165, 1.54) is 12.1 Å². The van der Waals surface area contributed by atoms with Crippen molar-refractivity contribution in [1.82, 2.24) is 0 Å². The summed E-state index contributed by atoms with van der Waals surface area (Å²) in [5.41, 5.74) is 5.42. The standard InChI is InChI=1S/C19H21N3O6S/c1-3-27-15-7-6-13(10-16(15)28-4-2)21-18(23)11-29-17-8-5-12(19(20)24)9-14(17)22(25)26/h5-10H,3-4,11H2,1-2H3,(H2,20,24)(H,21,23). The molecule has 0 radical (unpaired) electrons. The lowest BCUT2D eigenvalue weighted by molar-refractivity contribution is -0.387. The van der Waals surface area contributed by atoms with E-state index in [9.17, 15) is 19.7 Å². The molecule has 0 heterocycles. The van der Waals surface area contributed by atoms with E-state index in [0.717, 1.165) is 17.8 Å². The Bertz CT molecular complexity index is 919. The van der Waals surface area contributed by atoms with Gasteiger partial charge in [-0.3, -0.25) is 19.7 Å². The number of carbonyl (C=O) groups is 2. The molecule has 0 bridgehead atoms. The molecule has 2 aromatic carbocycles. The van der Waals surface area contributed by atoms with Crippen LogP contribution in [-0.4, -0.2) is 35.7 Å². The molecule has 29 heavy (non-hydrogen) atoms. The van der Waals surface area contributed by atoms with Gasteiger partial charge >= 0.3 is 0 Å². The minimum atomic E-state index is -0.761. The van der Waals surface area contributed by atoms with Crippen molar-refractivity contribution in [3.8, 4) is 11.5 Å². The van der Waals surface area contributed by atoms with Crippen molar-refractivity contribution in [1.29, 1.82) is 0 Å². The number of benzene rings is 2. The summed E-state index contributed by atoms with van der Waals surface area (Å²) < 4.78 is 11.0. The number of amides is 2. The maximum Gasteiger partial charge on any atom is 0.283 e. The van der Waals surface area contributed by atoms with Crippen LogP contribution in [0.3, 0.4) is 0 Å². The first-order valence-corrected chi connectivity index (χ1v) is 9.74. The molecular formula is C19H21N3O6S. The van der Waals surface area contributed by atoms with Crippen LogP contribution in [0, 0.1) is 10.1 Å². The topological polar surface area (TPSA) is 134 Å². The van der Waals surface area contributed by atoms with Gasteiger partial charge in [0.05, 0.1) is 28.8 Å². The normalized spacial score (nSPS) is 10.3. The van der Waals surface area contributed by atoms with Crippen molar-refractivity contribution in [2.45, 2.75) is 18.7 Å². The first-order chi connectivity index (χ1) is 13.8. The second kappa shape index (κ2) is 10.3. The highest BCUT2D eigenvalue weighted by Gasteiger charge is 2.18. The molecule has 2 aromatic rings. The quantitative estimate of drug-likeness (QED) is 0.343. The molecule has 0 saturated heterocycles. The minimum absolute atomic E-state index is 0.0309. The van der Waals surface area contributed by atoms with Gasteiger partial charge < -0.3 is 20.5 Å². The number of rotatable bonds is 10. The molecule has 9 nitrogen and oxygen atoms in total. The Labute approximate surface area is 171 Å². The lowest BCUT2D eigenvalue weighted by Gasteiger charge is -2.13. The Morgan fingerprint density at radius 2 is 1.79 bits per heavy atom. The zero-order valence-corrected chi connectivity index (χ0v) is 16.8. The maximum atomic E-state index is 12.3. The van der Waals surface area contributed by atoms with Crippen LogP contribution in [-0.2, 0) is 4.79 Å². The lowest BCUT2D eigenvalue weighted by atomic mass is 10.2. The number of anilines is 1. The molecule has 0 aliphatic carbocycles. The third-order valence-electron chi connectivity index (χ3n) is 3.63. The smallest absolute Gasteiger partial charge is 0.283 e. The van der Waals surface area contributed by atoms with Gasteiger partial charge in [0.25, 0.3) is 5.69 Å². The third kappa shape index (κ3) is 6.11. The van der Waals surface area contributed by atoms with E-state index in [1.54, 1.807) is 18.2 Å². The van der Waals surface area contributed by atoms with Gasteiger partial charge in [0.15, 0.2) is 11.5 Å². The number of carbonyl (C=O) groups excluding carboxylic acids is 2. The highest BCUT2D eigenvalue weighted by molar-refractivity contribution is 8.00. The SMILES string of the molecule is CCOc1ccc(NC(=O)CSc2ccc(C(N)=O)cc2[N+](=O)[O-])cc1OCC. The predicted molar refractivity (Wildman–Crippen MR) is 110 cm³/mol. The average molecular weight is 419 g/mol. The summed E-state index contributed by atoms with van der Waals surface area (Å²) in [6, 6.07) is 8.92. The maximum absolute atomic E-state index is 12.3. The monoisotopic (exact) mass is 419 g/mol. The lowest BCUT2D eigenvalue weighted by Crippen LogP contribution is -2.14. The van der Waals surface area contributed by atoms with Crippen LogP contribution in [0.15, 0.2) is 41.3 Å². The molecule has 2 amide bonds. The number of nitrogens with two attached hydrogens (primary N) is 1. The van der Waals surface area contributed by atoms with Crippen LogP contribution < -0.4 is 20.5 Å². The van der Waals surface area contributed by atoms with Gasteiger partial charge in [0.1, 0.15) is 0 Å². The van der Waals surface area contributed by atoms with Crippen LogP contribution in [0.5, 0.6) is 11.5 Å². The Morgan fingerprint density at radius 3 is 2.41 bits per heavy atom. The van der Waals surface area contributed by atoms with E-state index in [4.69, 9.17) is 15.2 Å². The molecule has 0 unspecified atom stereocenters. The van der Waals surface area contributed by atoms with Crippen molar-refractivity contribution in [3.63, 3.8) is 0 Å². The Morgan fingerprint density at radius 1 is 1.10 bits per heavy atom. The van der Waals surface area contributed by atoms with Gasteiger partial charge in [-0.05, 0) is 38.1 Å². The Balaban J connectivity index is 2.07. The van der Waals surface area contributed by atoms with Crippen molar-refractivity contribution in [3.05, 3.63) is 52.1 Å². The highest BCUT2D eigenvalue weighted by Crippen LogP contribution is 2.32. The molecule has 0 aromatic heterocycles. The van der Waals surface area contributed by atoms with Gasteiger partial charge in [-0.1, -0.05) is 0 Å². The van der Waals surface area contributed by atoms with Crippen LogP contribution >= 0.6 is 11.8 Å². The summed E-state index contributed by atoms with van der Waals surface area (Å²) in [5.74, 6) is -0.0873. The number of nitrogens with zero attached hydrogens (tertiary/aromatic N) is 1. The molecule has 2 rings (SSSR count). The van der Waals surface area contributed by atoms with Crippen LogP contribution in [0.2, 0.25) is 0 Å². The Hall–Kier alpha value is -3.27. The summed E-state index contributed by atoms with van der Waals surface area (Å²) in [4.78, 5) is 34.4. The molecule has 0 atom stereocenters. The number of primary amides is 1. The number of ether oxygens (including phenoxy) is 2. The number of nitrogens with one attached hydrogen (secondary N) is 1. The second-order valence-electron chi connectivity index (χ2n) is 5.67. The van der Waals surface area contributed by atoms with E-state index < -0.39 is 10.8 Å². The van der Waals surface area contributed by atoms with Crippen molar-refractivity contribution >= 4 is 35.0 Å². The molecule has 0 fully saturated rings. The number of nitro benzene ring substituents is 1. The van der Waals surface area contributed by atoms with Crippen LogP contribution in [0.25, 0.3) is 0 Å². The van der Waals surface area contributed by atoms with Gasteiger partial charge in [0, 0.05) is 23.4 Å². The van der Waals surface area contributed by atoms with E-state index in [1.807, 2.05) is 13.8 Å². The Kier molecular flexibility index (Phi) is 7.84. The number of nitro groups is 1. The van der Waals surface area contributed by atoms with E-state index >= 15 is 0 Å². The minimum Gasteiger partial charge on any atom is -0.490 e. The zero-order valence-electron chi connectivity index (χ0n) is 16.0. The summed E-state index contributed by atoms with van der Waals surface area (Å²) in [5, 5.41) is 13.9. The van der Waals surface area contributed by atoms with Gasteiger partial charge in [0.2, 0.25) is 11.8 Å². The number of thioether (sulfide) groups is 1. The van der Waals surface area contributed by atoms with Crippen molar-refractivity contribution in [2.75, 3.05) is 24.3 Å². The fraction of sp³-hybridized carbons (Fsp3) is 0.263. The first-order valence-electron chi connectivity index (χ1n) is 8.76. The van der Waals surface area contributed by atoms with Crippen LogP contribution in [0.4, 0.5) is 11.4 Å². The largest absolute Gasteiger partial charge is 0.490 e. The van der Waals surface area contributed by atoms with Crippen molar-refractivity contribution in [2.24, 2.45) is 5.73 Å². The first kappa shape index (κ1) is 22.0. The van der Waals surface area contributed by atoms with E-state index in [-0.39, 0.29) is 27.8 Å². The van der Waals surface area contributed by atoms with E-state index in [0.29, 0.717) is 30.4 Å². The summed E-state index contributed by atoms with van der Waals surface area (Å²) in [6.45, 7) is 4.62. The van der Waals surface area contributed by atoms with Crippen molar-refractivity contribution < 1.29 is 24.0 Å².